The van der Waals surface area contributed by atoms with Crippen molar-refractivity contribution >= 4 is 0 Å². The molecule has 0 fully saturated rings. The number of nitrogens with zero attached hydrogens (tertiary/aromatic N) is 1. The molecule has 0 spiro atoms. The number of aryl methyl sites for hydroxylation is 1. The third kappa shape index (κ3) is 4.68. The van der Waals surface area contributed by atoms with Crippen molar-refractivity contribution in [2.45, 2.75) is 70.8 Å². The fourth-order valence-corrected chi connectivity index (χ4v) is 4.35. The molecule has 0 saturated carbocycles. The number of rotatable bonds is 7. The lowest BCUT2D eigenvalue weighted by Gasteiger charge is -2.34. The molecule has 2 aromatic carbocycles. The van der Waals surface area contributed by atoms with Crippen molar-refractivity contribution < 1.29 is 9.84 Å². The summed E-state index contributed by atoms with van der Waals surface area (Å²) >= 11 is 0. The van der Waals surface area contributed by atoms with Crippen LogP contribution in [0.2, 0.25) is 0 Å². The summed E-state index contributed by atoms with van der Waals surface area (Å²) in [4.78, 5) is 0. The second-order valence-corrected chi connectivity index (χ2v) is 8.34. The lowest BCUT2D eigenvalue weighted by atomic mass is 9.78. The Bertz CT molecular complexity index is 824. The molecule has 2 aromatic rings. The molecule has 4 unspecified atom stereocenters. The molecule has 1 N–H and O–H groups in total. The van der Waals surface area contributed by atoms with Crippen LogP contribution in [0.4, 0.5) is 0 Å². The molecule has 3 nitrogen and oxygen atoms in total. The maximum atomic E-state index is 10.8. The molecule has 0 bridgehead atoms. The van der Waals surface area contributed by atoms with Crippen LogP contribution >= 0.6 is 0 Å². The van der Waals surface area contributed by atoms with E-state index in [2.05, 4.69) is 57.2 Å². The topological polar surface area (TPSA) is 53.2 Å². The summed E-state index contributed by atoms with van der Waals surface area (Å²) in [7, 11) is 0. The van der Waals surface area contributed by atoms with Gasteiger partial charge in [-0.15, -0.1) is 0 Å². The molecule has 0 amide bonds. The number of aromatic hydroxyl groups is 1. The van der Waals surface area contributed by atoms with Gasteiger partial charge in [-0.2, -0.15) is 5.26 Å². The van der Waals surface area contributed by atoms with E-state index in [-0.39, 0.29) is 17.9 Å². The van der Waals surface area contributed by atoms with Crippen molar-refractivity contribution in [2.24, 2.45) is 5.92 Å². The van der Waals surface area contributed by atoms with Gasteiger partial charge in [0.1, 0.15) is 11.5 Å². The first kappa shape index (κ1) is 20.3. The van der Waals surface area contributed by atoms with E-state index in [1.54, 1.807) is 0 Å². The average molecular weight is 378 g/mol. The van der Waals surface area contributed by atoms with E-state index in [4.69, 9.17) is 10.00 Å². The monoisotopic (exact) mass is 377 g/mol. The quantitative estimate of drug-likeness (QED) is 0.614. The molecule has 0 aromatic heterocycles. The van der Waals surface area contributed by atoms with Gasteiger partial charge in [0.2, 0.25) is 0 Å². The number of benzene rings is 2. The summed E-state index contributed by atoms with van der Waals surface area (Å²) in [5.41, 5.74) is 3.39. The summed E-state index contributed by atoms with van der Waals surface area (Å²) in [5.74, 6) is 1.86. The molecule has 1 aliphatic heterocycles. The first-order valence-electron chi connectivity index (χ1n) is 10.4. The van der Waals surface area contributed by atoms with E-state index >= 15 is 0 Å². The zero-order valence-electron chi connectivity index (χ0n) is 17.2. The molecule has 4 atom stereocenters. The number of hydrogen-bond donors (Lipinski definition) is 1. The summed E-state index contributed by atoms with van der Waals surface area (Å²) in [6.07, 6.45) is 4.69. The zero-order valence-corrected chi connectivity index (χ0v) is 17.2. The molecule has 1 heterocycles. The van der Waals surface area contributed by atoms with Gasteiger partial charge in [0, 0.05) is 12.0 Å². The second kappa shape index (κ2) is 9.15. The number of hydrogen-bond acceptors (Lipinski definition) is 3. The van der Waals surface area contributed by atoms with Crippen molar-refractivity contribution in [3.63, 3.8) is 0 Å². The highest BCUT2D eigenvalue weighted by Crippen LogP contribution is 2.47. The minimum absolute atomic E-state index is 0.0988. The lowest BCUT2D eigenvalue weighted by molar-refractivity contribution is 0.158. The van der Waals surface area contributed by atoms with Gasteiger partial charge in [-0.1, -0.05) is 44.2 Å². The van der Waals surface area contributed by atoms with Crippen molar-refractivity contribution in [2.75, 3.05) is 0 Å². The number of fused-ring (bicyclic) bond motifs is 1. The van der Waals surface area contributed by atoms with Crippen LogP contribution in [0.5, 0.6) is 11.5 Å². The van der Waals surface area contributed by atoms with Gasteiger partial charge in [-0.3, -0.25) is 0 Å². The lowest BCUT2D eigenvalue weighted by Crippen LogP contribution is -2.26. The standard InChI is InChI=1S/C25H31NO2/c1-17(8-7-11-20-9-5-4-6-10-20)21-15-23(27)25-22(18(2)12-13-26)14-19(3)28-24(25)16-21/h4-6,9-10,15-19,22,27H,7-8,11-12,14H2,1-3H3. The van der Waals surface area contributed by atoms with Gasteiger partial charge in [-0.25, -0.2) is 0 Å². The first-order chi connectivity index (χ1) is 13.5. The maximum absolute atomic E-state index is 10.8. The van der Waals surface area contributed by atoms with Crippen molar-refractivity contribution in [1.29, 1.82) is 5.26 Å². The van der Waals surface area contributed by atoms with E-state index in [1.165, 1.54) is 5.56 Å². The molecule has 3 rings (SSSR count). The number of phenolic OH excluding ortho intramolecular Hbond substituents is 1. The third-order valence-electron chi connectivity index (χ3n) is 6.04. The van der Waals surface area contributed by atoms with Gasteiger partial charge < -0.3 is 9.84 Å². The SMILES string of the molecule is CC1CC(C(C)CC#N)c2c(O)cc(C(C)CCCc3ccccc3)cc2O1. The Labute approximate surface area is 169 Å². The minimum atomic E-state index is 0.0988. The normalized spacial score (nSPS) is 20.5. The Balaban J connectivity index is 1.74. The van der Waals surface area contributed by atoms with Crippen molar-refractivity contribution in [3.8, 4) is 17.6 Å². The van der Waals surface area contributed by atoms with E-state index in [0.29, 0.717) is 18.1 Å². The molecular weight excluding hydrogens is 346 g/mol. The summed E-state index contributed by atoms with van der Waals surface area (Å²) in [6, 6.07) is 16.9. The second-order valence-electron chi connectivity index (χ2n) is 8.34. The summed E-state index contributed by atoms with van der Waals surface area (Å²) in [5, 5.41) is 19.9. The largest absolute Gasteiger partial charge is 0.508 e. The number of nitriles is 1. The molecular formula is C25H31NO2. The fourth-order valence-electron chi connectivity index (χ4n) is 4.35. The van der Waals surface area contributed by atoms with Gasteiger partial charge >= 0.3 is 0 Å². The van der Waals surface area contributed by atoms with Gasteiger partial charge in [0.05, 0.1) is 12.2 Å². The first-order valence-corrected chi connectivity index (χ1v) is 10.4. The molecule has 3 heteroatoms. The Morgan fingerprint density at radius 1 is 1.21 bits per heavy atom. The zero-order chi connectivity index (χ0) is 20.1. The third-order valence-corrected chi connectivity index (χ3v) is 6.04. The summed E-state index contributed by atoms with van der Waals surface area (Å²) in [6.45, 7) is 6.38. The van der Waals surface area contributed by atoms with Crippen molar-refractivity contribution in [1.82, 2.24) is 0 Å². The van der Waals surface area contributed by atoms with Gasteiger partial charge in [0.15, 0.2) is 0 Å². The molecule has 28 heavy (non-hydrogen) atoms. The van der Waals surface area contributed by atoms with Crippen LogP contribution in [-0.2, 0) is 6.42 Å². The molecule has 0 radical (unpaired) electrons. The van der Waals surface area contributed by atoms with Crippen LogP contribution < -0.4 is 4.74 Å². The molecule has 0 saturated heterocycles. The maximum Gasteiger partial charge on any atom is 0.127 e. The van der Waals surface area contributed by atoms with Crippen LogP contribution in [0.3, 0.4) is 0 Å². The van der Waals surface area contributed by atoms with Crippen LogP contribution in [-0.4, -0.2) is 11.2 Å². The van der Waals surface area contributed by atoms with Crippen LogP contribution in [0, 0.1) is 17.2 Å². The number of phenols is 1. The molecule has 1 aliphatic rings. The van der Waals surface area contributed by atoms with E-state index in [0.717, 1.165) is 42.6 Å². The van der Waals surface area contributed by atoms with E-state index < -0.39 is 0 Å². The fraction of sp³-hybridized carbons (Fsp3) is 0.480. The van der Waals surface area contributed by atoms with E-state index in [1.807, 2.05) is 12.1 Å². The van der Waals surface area contributed by atoms with Crippen molar-refractivity contribution in [3.05, 3.63) is 59.2 Å². The highest BCUT2D eigenvalue weighted by atomic mass is 16.5. The molecule has 148 valence electrons. The Morgan fingerprint density at radius 3 is 2.68 bits per heavy atom. The minimum Gasteiger partial charge on any atom is -0.508 e. The van der Waals surface area contributed by atoms with E-state index in [9.17, 15) is 5.11 Å². The van der Waals surface area contributed by atoms with Crippen LogP contribution in [0.15, 0.2) is 42.5 Å². The Kier molecular flexibility index (Phi) is 6.62. The Hall–Kier alpha value is -2.47. The Morgan fingerprint density at radius 2 is 1.96 bits per heavy atom. The van der Waals surface area contributed by atoms with Gasteiger partial charge in [-0.05, 0) is 73.6 Å². The molecule has 0 aliphatic carbocycles. The predicted molar refractivity (Wildman–Crippen MR) is 113 cm³/mol. The summed E-state index contributed by atoms with van der Waals surface area (Å²) < 4.78 is 6.09. The average Bonchev–Trinajstić information content (AvgIpc) is 2.67. The smallest absolute Gasteiger partial charge is 0.127 e. The number of ether oxygens (including phenoxy) is 1. The highest BCUT2D eigenvalue weighted by Gasteiger charge is 2.33. The predicted octanol–water partition coefficient (Wildman–Crippen LogP) is 6.32. The van der Waals surface area contributed by atoms with Crippen LogP contribution in [0.1, 0.15) is 75.0 Å². The highest BCUT2D eigenvalue weighted by molar-refractivity contribution is 5.51. The van der Waals surface area contributed by atoms with Gasteiger partial charge in [0.25, 0.3) is 0 Å². The van der Waals surface area contributed by atoms with Crippen LogP contribution in [0.25, 0.3) is 0 Å².